The molecular formula is C15H15BrN2O3S2. The van der Waals surface area contributed by atoms with Gasteiger partial charge in [0.1, 0.15) is 17.0 Å². The Morgan fingerprint density at radius 1 is 1.35 bits per heavy atom. The molecule has 122 valence electrons. The number of ether oxygens (including phenoxy) is 1. The monoisotopic (exact) mass is 414 g/mol. The summed E-state index contributed by atoms with van der Waals surface area (Å²) in [7, 11) is -1.42. The molecule has 1 fully saturated rings. The fraction of sp³-hybridized carbons (Fsp3) is 0.267. The first-order chi connectivity index (χ1) is 11.1. The lowest BCUT2D eigenvalue weighted by Crippen LogP contribution is -2.34. The number of esters is 1. The lowest BCUT2D eigenvalue weighted by Gasteiger charge is -2.09. The van der Waals surface area contributed by atoms with E-state index in [1.807, 2.05) is 17.5 Å². The summed E-state index contributed by atoms with van der Waals surface area (Å²) in [6, 6.07) is 8.93. The van der Waals surface area contributed by atoms with Crippen LogP contribution in [0.25, 0.3) is 0 Å². The number of hydrogen-bond acceptors (Lipinski definition) is 5. The maximum Gasteiger partial charge on any atom is 0.324 e. The lowest BCUT2D eigenvalue weighted by atomic mass is 10.3. The highest BCUT2D eigenvalue weighted by atomic mass is 79.9. The average Bonchev–Trinajstić information content (AvgIpc) is 3.14. The molecule has 2 unspecified atom stereocenters. The van der Waals surface area contributed by atoms with E-state index in [-0.39, 0.29) is 5.97 Å². The Hall–Kier alpha value is -1.22. The third kappa shape index (κ3) is 4.41. The summed E-state index contributed by atoms with van der Waals surface area (Å²) in [6.07, 6.45) is 0.556. The Bertz CT molecular complexity index is 718. The second-order valence-electron chi connectivity index (χ2n) is 5.00. The predicted octanol–water partition coefficient (Wildman–Crippen LogP) is 3.05. The lowest BCUT2D eigenvalue weighted by molar-refractivity contribution is -0.139. The largest absolute Gasteiger partial charge is 0.464 e. The fourth-order valence-electron chi connectivity index (χ4n) is 2.13. The summed E-state index contributed by atoms with van der Waals surface area (Å²) < 4.78 is 20.9. The molecule has 1 aliphatic heterocycles. The van der Waals surface area contributed by atoms with Gasteiger partial charge in [-0.1, -0.05) is 0 Å². The number of cyclic esters (lactones) is 1. The van der Waals surface area contributed by atoms with E-state index in [1.165, 1.54) is 4.88 Å². The van der Waals surface area contributed by atoms with E-state index in [4.69, 9.17) is 4.74 Å². The second-order valence-corrected chi connectivity index (χ2v) is 8.16. The molecule has 0 spiro atoms. The Morgan fingerprint density at radius 2 is 2.13 bits per heavy atom. The first-order valence-electron chi connectivity index (χ1n) is 7.03. The van der Waals surface area contributed by atoms with Crippen molar-refractivity contribution in [3.05, 3.63) is 45.1 Å². The van der Waals surface area contributed by atoms with Crippen LogP contribution in [0.5, 0.6) is 0 Å². The maximum atomic E-state index is 12.2. The highest BCUT2D eigenvalue weighted by molar-refractivity contribution is 9.10. The summed E-state index contributed by atoms with van der Waals surface area (Å²) in [5.74, 6) is -0.334. The summed E-state index contributed by atoms with van der Waals surface area (Å²) in [5.41, 5.74) is 0.954. The van der Waals surface area contributed by atoms with Gasteiger partial charge >= 0.3 is 5.97 Å². The Kier molecular flexibility index (Phi) is 5.47. The van der Waals surface area contributed by atoms with E-state index in [0.29, 0.717) is 17.9 Å². The van der Waals surface area contributed by atoms with Crippen LogP contribution in [0.15, 0.2) is 45.1 Å². The highest BCUT2D eigenvalue weighted by Crippen LogP contribution is 2.21. The van der Waals surface area contributed by atoms with E-state index in [1.54, 1.807) is 23.5 Å². The number of benzene rings is 1. The van der Waals surface area contributed by atoms with Crippen LogP contribution in [-0.4, -0.2) is 22.8 Å². The SMILES string of the molecule is O=C1OCCC1NS(=O)c1ccc(NCc2cc(Br)cs2)cc1. The van der Waals surface area contributed by atoms with Crippen molar-refractivity contribution in [3.63, 3.8) is 0 Å². The van der Waals surface area contributed by atoms with Gasteiger partial charge in [-0.2, -0.15) is 0 Å². The predicted molar refractivity (Wildman–Crippen MR) is 94.7 cm³/mol. The number of thiophene rings is 1. The van der Waals surface area contributed by atoms with Gasteiger partial charge < -0.3 is 10.1 Å². The van der Waals surface area contributed by atoms with Gasteiger partial charge in [-0.3, -0.25) is 4.79 Å². The van der Waals surface area contributed by atoms with Crippen LogP contribution in [0, 0.1) is 0 Å². The molecule has 2 atom stereocenters. The zero-order valence-electron chi connectivity index (χ0n) is 12.1. The zero-order valence-corrected chi connectivity index (χ0v) is 15.3. The summed E-state index contributed by atoms with van der Waals surface area (Å²) in [5, 5.41) is 5.36. The van der Waals surface area contributed by atoms with E-state index in [9.17, 15) is 9.00 Å². The number of rotatable bonds is 6. The molecule has 1 aromatic heterocycles. The molecule has 2 N–H and O–H groups in total. The number of carbonyl (C=O) groups excluding carboxylic acids is 1. The first-order valence-corrected chi connectivity index (χ1v) is 9.85. The Morgan fingerprint density at radius 3 is 2.74 bits per heavy atom. The Labute approximate surface area is 149 Å². The van der Waals surface area contributed by atoms with Crippen LogP contribution in [0.2, 0.25) is 0 Å². The minimum atomic E-state index is -1.42. The number of hydrogen-bond donors (Lipinski definition) is 2. The van der Waals surface area contributed by atoms with Crippen molar-refractivity contribution < 1.29 is 13.7 Å². The number of carbonyl (C=O) groups is 1. The van der Waals surface area contributed by atoms with Crippen molar-refractivity contribution in [2.75, 3.05) is 11.9 Å². The van der Waals surface area contributed by atoms with E-state index >= 15 is 0 Å². The first kappa shape index (κ1) is 16.6. The van der Waals surface area contributed by atoms with Crippen LogP contribution in [-0.2, 0) is 27.1 Å². The van der Waals surface area contributed by atoms with Gasteiger partial charge in [0.05, 0.1) is 11.5 Å². The average molecular weight is 415 g/mol. The standard InChI is InChI=1S/C15H15BrN2O3S2/c16-10-7-12(22-9-10)8-17-11-1-3-13(4-2-11)23(20)18-14-5-6-21-15(14)19/h1-4,7,9,14,17-18H,5-6,8H2. The van der Waals surface area contributed by atoms with Crippen LogP contribution >= 0.6 is 27.3 Å². The fourth-order valence-corrected chi connectivity index (χ4v) is 4.51. The summed E-state index contributed by atoms with van der Waals surface area (Å²) >= 11 is 5.12. The second kappa shape index (κ2) is 7.57. The maximum absolute atomic E-state index is 12.2. The van der Waals surface area contributed by atoms with Crippen molar-refractivity contribution in [2.45, 2.75) is 23.9 Å². The van der Waals surface area contributed by atoms with E-state index in [2.05, 4.69) is 32.0 Å². The molecule has 2 aromatic rings. The van der Waals surface area contributed by atoms with Gasteiger partial charge in [-0.15, -0.1) is 11.3 Å². The number of nitrogens with one attached hydrogen (secondary N) is 2. The van der Waals surface area contributed by atoms with Crippen LogP contribution in [0.4, 0.5) is 5.69 Å². The quantitative estimate of drug-likeness (QED) is 0.712. The molecule has 5 nitrogen and oxygen atoms in total. The Balaban J connectivity index is 1.55. The van der Waals surface area contributed by atoms with Gasteiger partial charge in [0.15, 0.2) is 0 Å². The topological polar surface area (TPSA) is 67.4 Å². The molecule has 1 aliphatic rings. The van der Waals surface area contributed by atoms with Gasteiger partial charge in [0.2, 0.25) is 0 Å². The molecule has 0 saturated carbocycles. The molecule has 1 saturated heterocycles. The van der Waals surface area contributed by atoms with Gasteiger partial charge in [-0.25, -0.2) is 8.93 Å². The normalized spacial score (nSPS) is 18.7. The van der Waals surface area contributed by atoms with Gasteiger partial charge in [0, 0.05) is 33.4 Å². The molecule has 3 rings (SSSR count). The van der Waals surface area contributed by atoms with Crippen molar-refractivity contribution in [1.82, 2.24) is 4.72 Å². The van der Waals surface area contributed by atoms with Gasteiger partial charge in [-0.05, 0) is 46.3 Å². The van der Waals surface area contributed by atoms with Crippen molar-refractivity contribution in [1.29, 1.82) is 0 Å². The third-order valence-corrected chi connectivity index (χ3v) is 6.24. The molecular weight excluding hydrogens is 400 g/mol. The molecule has 2 heterocycles. The van der Waals surface area contributed by atoms with Crippen molar-refractivity contribution >= 4 is 49.9 Å². The van der Waals surface area contributed by atoms with E-state index < -0.39 is 17.0 Å². The minimum Gasteiger partial charge on any atom is -0.464 e. The third-order valence-electron chi connectivity index (χ3n) is 3.34. The van der Waals surface area contributed by atoms with Crippen molar-refractivity contribution in [3.8, 4) is 0 Å². The van der Waals surface area contributed by atoms with Crippen molar-refractivity contribution in [2.24, 2.45) is 0 Å². The molecule has 8 heteroatoms. The highest BCUT2D eigenvalue weighted by Gasteiger charge is 2.28. The molecule has 0 bridgehead atoms. The van der Waals surface area contributed by atoms with Crippen LogP contribution < -0.4 is 10.0 Å². The minimum absolute atomic E-state index is 0.334. The molecule has 0 radical (unpaired) electrons. The van der Waals surface area contributed by atoms with Gasteiger partial charge in [0.25, 0.3) is 0 Å². The van der Waals surface area contributed by atoms with Crippen LogP contribution in [0.1, 0.15) is 11.3 Å². The molecule has 0 amide bonds. The zero-order chi connectivity index (χ0) is 16.2. The van der Waals surface area contributed by atoms with Crippen LogP contribution in [0.3, 0.4) is 0 Å². The number of halogens is 1. The van der Waals surface area contributed by atoms with E-state index in [0.717, 1.165) is 16.7 Å². The summed E-state index contributed by atoms with van der Waals surface area (Å²) in [4.78, 5) is 13.2. The molecule has 23 heavy (non-hydrogen) atoms. The molecule has 0 aliphatic carbocycles. The smallest absolute Gasteiger partial charge is 0.324 e. The molecule has 1 aromatic carbocycles. The summed E-state index contributed by atoms with van der Waals surface area (Å²) in [6.45, 7) is 1.13. The number of anilines is 1.